The molecule has 0 spiro atoms. The number of carbonyl (C=O) groups is 1. The van der Waals surface area contributed by atoms with Gasteiger partial charge in [0.05, 0.1) is 0 Å². The predicted molar refractivity (Wildman–Crippen MR) is 94.2 cm³/mol. The highest BCUT2D eigenvalue weighted by Crippen LogP contribution is 2.27. The maximum absolute atomic E-state index is 11.8. The highest BCUT2D eigenvalue weighted by Gasteiger charge is 2.09. The summed E-state index contributed by atoms with van der Waals surface area (Å²) in [7, 11) is 0. The smallest absolute Gasteiger partial charge is 0.336 e. The molecule has 0 aliphatic carbocycles. The highest BCUT2D eigenvalue weighted by molar-refractivity contribution is 7.98. The third-order valence-corrected chi connectivity index (χ3v) is 4.58. The van der Waals surface area contributed by atoms with E-state index in [1.54, 1.807) is 30.1 Å². The molecule has 0 radical (unpaired) electrons. The van der Waals surface area contributed by atoms with Crippen molar-refractivity contribution in [2.75, 3.05) is 5.32 Å². The van der Waals surface area contributed by atoms with E-state index in [1.807, 2.05) is 16.8 Å². The van der Waals surface area contributed by atoms with E-state index >= 15 is 0 Å². The van der Waals surface area contributed by atoms with Gasteiger partial charge in [0.25, 0.3) is 0 Å². The number of aryl methyl sites for hydroxylation is 1. The molecule has 0 unspecified atom stereocenters. The Morgan fingerprint density at radius 3 is 2.96 bits per heavy atom. The summed E-state index contributed by atoms with van der Waals surface area (Å²) in [5.74, 6) is 0.438. The molecule has 0 aliphatic heterocycles. The van der Waals surface area contributed by atoms with E-state index in [0.29, 0.717) is 17.0 Å². The summed E-state index contributed by atoms with van der Waals surface area (Å²) in [6.07, 6.45) is 3.70. The number of imidazole rings is 1. The zero-order chi connectivity index (χ0) is 17.1. The standard InChI is InChI=1S/C17H17N3O3S/c1-3-20-7-6-18-17(20)24-10-12-8-16(22)23-15-9-13(19-11(2)21)4-5-14(12)15/h4-9H,3,10H2,1-2H3,(H,19,21). The van der Waals surface area contributed by atoms with Crippen LogP contribution in [0.3, 0.4) is 0 Å². The van der Waals surface area contributed by atoms with Crippen molar-refractivity contribution in [1.29, 1.82) is 0 Å². The molecule has 124 valence electrons. The molecule has 6 nitrogen and oxygen atoms in total. The molecule has 0 atom stereocenters. The summed E-state index contributed by atoms with van der Waals surface area (Å²) in [5.41, 5.74) is 1.54. The number of aromatic nitrogens is 2. The number of thioether (sulfide) groups is 1. The highest BCUT2D eigenvalue weighted by atomic mass is 32.2. The second-order valence-electron chi connectivity index (χ2n) is 5.27. The van der Waals surface area contributed by atoms with Crippen LogP contribution in [0.2, 0.25) is 0 Å². The normalized spacial score (nSPS) is 10.9. The van der Waals surface area contributed by atoms with Gasteiger partial charge in [-0.2, -0.15) is 0 Å². The van der Waals surface area contributed by atoms with Gasteiger partial charge in [0, 0.05) is 54.8 Å². The summed E-state index contributed by atoms with van der Waals surface area (Å²) < 4.78 is 7.32. The molecular formula is C17H17N3O3S. The molecule has 1 N–H and O–H groups in total. The maximum Gasteiger partial charge on any atom is 0.336 e. The number of hydrogen-bond acceptors (Lipinski definition) is 5. The second-order valence-corrected chi connectivity index (χ2v) is 6.21. The Hall–Kier alpha value is -2.54. The summed E-state index contributed by atoms with van der Waals surface area (Å²) in [6.45, 7) is 4.34. The average molecular weight is 343 g/mol. The third-order valence-electron chi connectivity index (χ3n) is 3.53. The molecular weight excluding hydrogens is 326 g/mol. The maximum atomic E-state index is 11.8. The van der Waals surface area contributed by atoms with Crippen molar-refractivity contribution in [2.45, 2.75) is 31.3 Å². The largest absolute Gasteiger partial charge is 0.423 e. The quantitative estimate of drug-likeness (QED) is 0.568. The number of nitrogens with zero attached hydrogens (tertiary/aromatic N) is 2. The molecule has 1 aromatic carbocycles. The molecule has 0 bridgehead atoms. The van der Waals surface area contributed by atoms with Gasteiger partial charge in [-0.15, -0.1) is 0 Å². The van der Waals surface area contributed by atoms with Crippen LogP contribution in [-0.2, 0) is 17.1 Å². The van der Waals surface area contributed by atoms with Crippen molar-refractivity contribution in [1.82, 2.24) is 9.55 Å². The molecule has 24 heavy (non-hydrogen) atoms. The molecule has 7 heteroatoms. The van der Waals surface area contributed by atoms with Crippen LogP contribution in [0, 0.1) is 0 Å². The molecule has 1 amide bonds. The summed E-state index contributed by atoms with van der Waals surface area (Å²) >= 11 is 1.57. The lowest BCUT2D eigenvalue weighted by molar-refractivity contribution is -0.114. The topological polar surface area (TPSA) is 77.1 Å². The number of nitrogens with one attached hydrogen (secondary N) is 1. The summed E-state index contributed by atoms with van der Waals surface area (Å²) in [6, 6.07) is 6.82. The fraction of sp³-hybridized carbons (Fsp3) is 0.235. The van der Waals surface area contributed by atoms with Gasteiger partial charge in [-0.1, -0.05) is 11.8 Å². The van der Waals surface area contributed by atoms with Crippen molar-refractivity contribution in [3.05, 3.63) is 52.6 Å². The van der Waals surface area contributed by atoms with E-state index in [1.165, 1.54) is 13.0 Å². The summed E-state index contributed by atoms with van der Waals surface area (Å²) in [4.78, 5) is 27.3. The van der Waals surface area contributed by atoms with Crippen LogP contribution < -0.4 is 10.9 Å². The first-order valence-electron chi connectivity index (χ1n) is 7.55. The van der Waals surface area contributed by atoms with Gasteiger partial charge in [0.2, 0.25) is 5.91 Å². The first-order chi connectivity index (χ1) is 11.6. The molecule has 0 saturated carbocycles. The van der Waals surface area contributed by atoms with Crippen molar-refractivity contribution in [2.24, 2.45) is 0 Å². The van der Waals surface area contributed by atoms with Crippen LogP contribution in [0.4, 0.5) is 5.69 Å². The van der Waals surface area contributed by atoms with Gasteiger partial charge in [-0.25, -0.2) is 9.78 Å². The number of hydrogen-bond donors (Lipinski definition) is 1. The Morgan fingerprint density at radius 2 is 2.21 bits per heavy atom. The fourth-order valence-electron chi connectivity index (χ4n) is 2.45. The Morgan fingerprint density at radius 1 is 1.38 bits per heavy atom. The fourth-order valence-corrected chi connectivity index (χ4v) is 3.46. The van der Waals surface area contributed by atoms with Crippen LogP contribution in [-0.4, -0.2) is 15.5 Å². The SMILES string of the molecule is CCn1ccnc1SCc1cc(=O)oc2cc(NC(C)=O)ccc12. The number of anilines is 1. The second kappa shape index (κ2) is 6.92. The minimum atomic E-state index is -0.406. The van der Waals surface area contributed by atoms with Gasteiger partial charge in [-0.3, -0.25) is 4.79 Å². The van der Waals surface area contributed by atoms with Gasteiger partial charge in [-0.05, 0) is 24.6 Å². The van der Waals surface area contributed by atoms with Crippen molar-refractivity contribution < 1.29 is 9.21 Å². The van der Waals surface area contributed by atoms with E-state index in [0.717, 1.165) is 22.7 Å². The van der Waals surface area contributed by atoms with Gasteiger partial charge in [0.15, 0.2) is 5.16 Å². The van der Waals surface area contributed by atoms with E-state index in [2.05, 4.69) is 17.2 Å². The average Bonchev–Trinajstić information content (AvgIpc) is 2.99. The lowest BCUT2D eigenvalue weighted by atomic mass is 10.1. The van der Waals surface area contributed by atoms with Gasteiger partial charge >= 0.3 is 5.63 Å². The lowest BCUT2D eigenvalue weighted by Crippen LogP contribution is -2.06. The molecule has 2 aromatic heterocycles. The van der Waals surface area contributed by atoms with Crippen molar-refractivity contribution in [3.63, 3.8) is 0 Å². The first-order valence-corrected chi connectivity index (χ1v) is 8.53. The molecule has 3 rings (SSSR count). The van der Waals surface area contributed by atoms with Crippen LogP contribution in [0.15, 0.2) is 51.0 Å². The van der Waals surface area contributed by atoms with Crippen molar-refractivity contribution in [3.8, 4) is 0 Å². The predicted octanol–water partition coefficient (Wildman–Crippen LogP) is 3.26. The number of rotatable bonds is 5. The van der Waals surface area contributed by atoms with Crippen LogP contribution >= 0.6 is 11.8 Å². The Labute approximate surface area is 142 Å². The minimum absolute atomic E-state index is 0.171. The molecule has 0 saturated heterocycles. The Balaban J connectivity index is 1.92. The minimum Gasteiger partial charge on any atom is -0.423 e. The van der Waals surface area contributed by atoms with Crippen LogP contribution in [0.5, 0.6) is 0 Å². The Bertz CT molecular complexity index is 946. The number of amides is 1. The lowest BCUT2D eigenvalue weighted by Gasteiger charge is -2.08. The molecule has 2 heterocycles. The van der Waals surface area contributed by atoms with Gasteiger partial charge < -0.3 is 14.3 Å². The van der Waals surface area contributed by atoms with E-state index in [4.69, 9.17) is 4.42 Å². The summed E-state index contributed by atoms with van der Waals surface area (Å²) in [5, 5.41) is 4.45. The molecule has 3 aromatic rings. The van der Waals surface area contributed by atoms with E-state index in [-0.39, 0.29) is 5.91 Å². The zero-order valence-electron chi connectivity index (χ0n) is 13.4. The van der Waals surface area contributed by atoms with E-state index in [9.17, 15) is 9.59 Å². The third kappa shape index (κ3) is 3.51. The van der Waals surface area contributed by atoms with Crippen molar-refractivity contribution >= 4 is 34.3 Å². The monoisotopic (exact) mass is 343 g/mol. The number of fused-ring (bicyclic) bond motifs is 1. The number of benzene rings is 1. The van der Waals surface area contributed by atoms with E-state index < -0.39 is 5.63 Å². The van der Waals surface area contributed by atoms with Crippen LogP contribution in [0.25, 0.3) is 11.0 Å². The van der Waals surface area contributed by atoms with Crippen LogP contribution in [0.1, 0.15) is 19.4 Å². The molecule has 0 aliphatic rings. The molecule has 0 fully saturated rings. The van der Waals surface area contributed by atoms with Gasteiger partial charge in [0.1, 0.15) is 5.58 Å². The number of carbonyl (C=O) groups excluding carboxylic acids is 1. The first kappa shape index (κ1) is 16.3. The zero-order valence-corrected chi connectivity index (χ0v) is 14.2. The Kier molecular flexibility index (Phi) is 4.71.